The summed E-state index contributed by atoms with van der Waals surface area (Å²) >= 11 is 0. The molecule has 0 amide bonds. The molecule has 2 aromatic rings. The Bertz CT molecular complexity index is 485. The van der Waals surface area contributed by atoms with E-state index in [-0.39, 0.29) is 0 Å². The number of likely N-dealkylation sites (N-methyl/N-ethyl adjacent to an activating group) is 1. The summed E-state index contributed by atoms with van der Waals surface area (Å²) in [5, 5.41) is 3.37. The van der Waals surface area contributed by atoms with Gasteiger partial charge in [-0.15, -0.1) is 0 Å². The summed E-state index contributed by atoms with van der Waals surface area (Å²) in [6.07, 6.45) is 4.83. The average Bonchev–Trinajstić information content (AvgIpc) is 2.84. The number of rotatable bonds is 5. The van der Waals surface area contributed by atoms with Crippen molar-refractivity contribution in [2.45, 2.75) is 32.9 Å². The van der Waals surface area contributed by atoms with Gasteiger partial charge in [0.05, 0.1) is 0 Å². The quantitative estimate of drug-likeness (QED) is 0.875. The number of imidazole rings is 1. The lowest BCUT2D eigenvalue weighted by atomic mass is 10.0. The molecule has 1 N–H and O–H groups in total. The summed E-state index contributed by atoms with van der Waals surface area (Å²) in [5.41, 5.74) is 2.61. The molecule has 0 fully saturated rings. The van der Waals surface area contributed by atoms with Crippen molar-refractivity contribution in [2.24, 2.45) is 0 Å². The van der Waals surface area contributed by atoms with Crippen LogP contribution in [0.3, 0.4) is 0 Å². The summed E-state index contributed by atoms with van der Waals surface area (Å²) in [7, 11) is 2.00. The summed E-state index contributed by atoms with van der Waals surface area (Å²) < 4.78 is 2.19. The van der Waals surface area contributed by atoms with Crippen LogP contribution in [-0.4, -0.2) is 16.6 Å². The molecule has 1 aromatic heterocycles. The van der Waals surface area contributed by atoms with Crippen LogP contribution < -0.4 is 5.32 Å². The highest BCUT2D eigenvalue weighted by Crippen LogP contribution is 2.18. The van der Waals surface area contributed by atoms with Gasteiger partial charge in [-0.05, 0) is 26.5 Å². The van der Waals surface area contributed by atoms with E-state index < -0.39 is 0 Å². The van der Waals surface area contributed by atoms with E-state index >= 15 is 0 Å². The van der Waals surface area contributed by atoms with E-state index in [1.807, 2.05) is 19.4 Å². The number of nitrogens with one attached hydrogen (secondary N) is 1. The lowest BCUT2D eigenvalue weighted by molar-refractivity contribution is 0.553. The second-order valence-corrected chi connectivity index (χ2v) is 4.59. The number of benzene rings is 1. The highest BCUT2D eigenvalue weighted by Gasteiger charge is 2.12. The second-order valence-electron chi connectivity index (χ2n) is 4.59. The maximum atomic E-state index is 4.44. The highest BCUT2D eigenvalue weighted by molar-refractivity contribution is 5.24. The maximum Gasteiger partial charge on any atom is 0.110 e. The third kappa shape index (κ3) is 2.79. The van der Waals surface area contributed by atoms with E-state index in [1.165, 1.54) is 11.1 Å². The minimum absolute atomic E-state index is 0.318. The van der Waals surface area contributed by atoms with Crippen molar-refractivity contribution in [2.75, 3.05) is 7.05 Å². The van der Waals surface area contributed by atoms with Crippen LogP contribution in [0.5, 0.6) is 0 Å². The van der Waals surface area contributed by atoms with Crippen LogP contribution in [0.1, 0.15) is 29.9 Å². The molecule has 1 unspecified atom stereocenters. The van der Waals surface area contributed by atoms with Gasteiger partial charge in [0.2, 0.25) is 0 Å². The fourth-order valence-electron chi connectivity index (χ4n) is 2.19. The molecule has 0 aliphatic carbocycles. The Morgan fingerprint density at radius 3 is 2.61 bits per heavy atom. The van der Waals surface area contributed by atoms with E-state index in [1.54, 1.807) is 0 Å². The zero-order valence-electron chi connectivity index (χ0n) is 11.4. The van der Waals surface area contributed by atoms with Crippen molar-refractivity contribution in [1.82, 2.24) is 14.9 Å². The molecule has 96 valence electrons. The zero-order chi connectivity index (χ0) is 13.0. The second kappa shape index (κ2) is 5.83. The van der Waals surface area contributed by atoms with Gasteiger partial charge < -0.3 is 9.88 Å². The fraction of sp³-hybridized carbons (Fsp3) is 0.400. The van der Waals surface area contributed by atoms with Gasteiger partial charge in [-0.25, -0.2) is 4.98 Å². The molecule has 3 nitrogen and oxygen atoms in total. The van der Waals surface area contributed by atoms with Gasteiger partial charge in [0.15, 0.2) is 0 Å². The van der Waals surface area contributed by atoms with Gasteiger partial charge in [0.25, 0.3) is 0 Å². The topological polar surface area (TPSA) is 29.9 Å². The van der Waals surface area contributed by atoms with Crippen LogP contribution in [0, 0.1) is 6.92 Å². The number of nitrogens with zero attached hydrogens (tertiary/aromatic N) is 2. The van der Waals surface area contributed by atoms with Crippen molar-refractivity contribution >= 4 is 0 Å². The van der Waals surface area contributed by atoms with Gasteiger partial charge in [0.1, 0.15) is 5.82 Å². The van der Waals surface area contributed by atoms with E-state index in [4.69, 9.17) is 0 Å². The van der Waals surface area contributed by atoms with E-state index in [0.29, 0.717) is 6.04 Å². The Labute approximate surface area is 109 Å². The number of hydrogen-bond acceptors (Lipinski definition) is 2. The van der Waals surface area contributed by atoms with Gasteiger partial charge in [-0.1, -0.05) is 29.8 Å². The lowest BCUT2D eigenvalue weighted by Crippen LogP contribution is -2.20. The summed E-state index contributed by atoms with van der Waals surface area (Å²) in [6.45, 7) is 5.23. The minimum atomic E-state index is 0.318. The number of aromatic nitrogens is 2. The Hall–Kier alpha value is -1.61. The largest absolute Gasteiger partial charge is 0.335 e. The Balaban J connectivity index is 2.17. The van der Waals surface area contributed by atoms with Crippen LogP contribution in [-0.2, 0) is 13.0 Å². The molecule has 0 saturated carbocycles. The van der Waals surface area contributed by atoms with Gasteiger partial charge in [0, 0.05) is 31.4 Å². The van der Waals surface area contributed by atoms with Crippen molar-refractivity contribution in [3.8, 4) is 0 Å². The van der Waals surface area contributed by atoms with E-state index in [2.05, 4.69) is 53.0 Å². The van der Waals surface area contributed by atoms with Crippen molar-refractivity contribution in [1.29, 1.82) is 0 Å². The Morgan fingerprint density at radius 2 is 2.00 bits per heavy atom. The van der Waals surface area contributed by atoms with Crippen LogP contribution in [0.4, 0.5) is 0 Å². The number of aryl methyl sites for hydroxylation is 2. The molecule has 18 heavy (non-hydrogen) atoms. The van der Waals surface area contributed by atoms with Crippen molar-refractivity contribution in [3.05, 3.63) is 53.6 Å². The fourth-order valence-corrected chi connectivity index (χ4v) is 2.19. The van der Waals surface area contributed by atoms with Crippen molar-refractivity contribution < 1.29 is 0 Å². The van der Waals surface area contributed by atoms with Gasteiger partial charge in [-0.3, -0.25) is 0 Å². The molecular weight excluding hydrogens is 222 g/mol. The first-order valence-corrected chi connectivity index (χ1v) is 6.48. The SMILES string of the molecule is CCn1ccnc1CC(NC)c1ccc(C)cc1. The van der Waals surface area contributed by atoms with E-state index in [9.17, 15) is 0 Å². The van der Waals surface area contributed by atoms with Gasteiger partial charge in [-0.2, -0.15) is 0 Å². The molecule has 0 bridgehead atoms. The van der Waals surface area contributed by atoms with Crippen LogP contribution in [0.25, 0.3) is 0 Å². The Morgan fingerprint density at radius 1 is 1.28 bits per heavy atom. The van der Waals surface area contributed by atoms with Crippen molar-refractivity contribution in [3.63, 3.8) is 0 Å². The average molecular weight is 243 g/mol. The first kappa shape index (κ1) is 12.8. The standard InChI is InChI=1S/C15H21N3/c1-4-18-10-9-17-15(18)11-14(16-3)13-7-5-12(2)6-8-13/h5-10,14,16H,4,11H2,1-3H3. The monoisotopic (exact) mass is 243 g/mol. The predicted molar refractivity (Wildman–Crippen MR) is 74.6 cm³/mol. The molecule has 0 radical (unpaired) electrons. The molecule has 0 saturated heterocycles. The third-order valence-electron chi connectivity index (χ3n) is 3.36. The molecule has 1 heterocycles. The van der Waals surface area contributed by atoms with Crippen LogP contribution in [0.15, 0.2) is 36.7 Å². The molecule has 3 heteroatoms. The van der Waals surface area contributed by atoms with Crippen LogP contribution >= 0.6 is 0 Å². The summed E-state index contributed by atoms with van der Waals surface area (Å²) in [4.78, 5) is 4.44. The molecule has 0 spiro atoms. The Kier molecular flexibility index (Phi) is 4.15. The molecule has 0 aliphatic rings. The van der Waals surface area contributed by atoms with E-state index in [0.717, 1.165) is 18.8 Å². The lowest BCUT2D eigenvalue weighted by Gasteiger charge is -2.17. The first-order chi connectivity index (χ1) is 8.74. The summed E-state index contributed by atoms with van der Waals surface area (Å²) in [6, 6.07) is 9.02. The molecule has 0 aliphatic heterocycles. The summed E-state index contributed by atoms with van der Waals surface area (Å²) in [5.74, 6) is 1.14. The molecule has 1 aromatic carbocycles. The normalized spacial score (nSPS) is 12.6. The predicted octanol–water partition coefficient (Wildman–Crippen LogP) is 2.71. The molecule has 2 rings (SSSR count). The number of hydrogen-bond donors (Lipinski definition) is 1. The minimum Gasteiger partial charge on any atom is -0.335 e. The van der Waals surface area contributed by atoms with Crippen LogP contribution in [0.2, 0.25) is 0 Å². The first-order valence-electron chi connectivity index (χ1n) is 6.48. The third-order valence-corrected chi connectivity index (χ3v) is 3.36. The van der Waals surface area contributed by atoms with Gasteiger partial charge >= 0.3 is 0 Å². The maximum absolute atomic E-state index is 4.44. The zero-order valence-corrected chi connectivity index (χ0v) is 11.4. The molecular formula is C15H21N3. The smallest absolute Gasteiger partial charge is 0.110 e. The molecule has 1 atom stereocenters. The highest BCUT2D eigenvalue weighted by atomic mass is 15.1.